The van der Waals surface area contributed by atoms with Crippen molar-refractivity contribution in [1.29, 1.82) is 0 Å². The zero-order chi connectivity index (χ0) is 41.0. The van der Waals surface area contributed by atoms with Gasteiger partial charge in [-0.1, -0.05) is 95.3 Å². The van der Waals surface area contributed by atoms with E-state index in [4.69, 9.17) is 4.74 Å². The molecule has 0 fully saturated rings. The van der Waals surface area contributed by atoms with Gasteiger partial charge in [-0.05, 0) is 66.5 Å². The number of carbonyl (C=O) groups excluding carboxylic acids is 4. The maximum Gasteiger partial charge on any atom is 0.408 e. The molecule has 0 spiro atoms. The van der Waals surface area contributed by atoms with Gasteiger partial charge in [0, 0.05) is 42.5 Å². The number of ketones is 1. The molecule has 1 aromatic heterocycles. The van der Waals surface area contributed by atoms with Gasteiger partial charge in [-0.2, -0.15) is 0 Å². The Balaban J connectivity index is 1.45. The fourth-order valence-electron chi connectivity index (χ4n) is 6.71. The van der Waals surface area contributed by atoms with Gasteiger partial charge < -0.3 is 29.9 Å². The van der Waals surface area contributed by atoms with Crippen molar-refractivity contribution in [3.05, 3.63) is 120 Å². The van der Waals surface area contributed by atoms with Crippen molar-refractivity contribution >= 4 is 23.7 Å². The Morgan fingerprint density at radius 2 is 1.50 bits per heavy atom. The summed E-state index contributed by atoms with van der Waals surface area (Å²) in [6.45, 7) is 10.9. The number of hydrogen-bond donors (Lipinski definition) is 3. The van der Waals surface area contributed by atoms with Gasteiger partial charge in [-0.3, -0.25) is 14.4 Å². The molecule has 0 radical (unpaired) electrons. The summed E-state index contributed by atoms with van der Waals surface area (Å²) in [6.07, 6.45) is 1.89. The second-order valence-corrected chi connectivity index (χ2v) is 15.5. The standard InChI is InChI=1S/C44H54F2N4O6/c1-29(2)40(48-43(55)56-28-32-17-11-8-12-18-32)42(54)47-30(3)38(52)19-13-14-22-50(39(53)27-51)41(44(4,5)6)37-23-33(35-24-34(45)20-21-36(35)46)26-49(37)25-31-15-9-7-10-16-31/h7-12,15-18,20-21,23-24,26,29-30,40-41,51H,13-14,19,22,25,27-28H2,1-6H3,(H,47,54)(H,48,55)/t30-,40-,41-/m0/s1. The fourth-order valence-corrected chi connectivity index (χ4v) is 6.71. The molecule has 4 rings (SSSR count). The minimum atomic E-state index is -0.931. The normalized spacial score (nSPS) is 13.1. The minimum absolute atomic E-state index is 0.0438. The van der Waals surface area contributed by atoms with E-state index < -0.39 is 59.7 Å². The van der Waals surface area contributed by atoms with E-state index in [9.17, 15) is 28.7 Å². The lowest BCUT2D eigenvalue weighted by atomic mass is 9.82. The van der Waals surface area contributed by atoms with E-state index >= 15 is 4.39 Å². The van der Waals surface area contributed by atoms with Gasteiger partial charge in [0.25, 0.3) is 0 Å². The van der Waals surface area contributed by atoms with E-state index in [-0.39, 0.29) is 36.8 Å². The molecule has 3 N–H and O–H groups in total. The highest BCUT2D eigenvalue weighted by Gasteiger charge is 2.37. The number of Topliss-reactive ketones (excluding diaryl/α,β-unsaturated/α-hetero) is 1. The van der Waals surface area contributed by atoms with Crippen molar-refractivity contribution in [3.8, 4) is 11.1 Å². The Bertz CT molecular complexity index is 1930. The quantitative estimate of drug-likeness (QED) is 0.0895. The molecule has 0 saturated carbocycles. The van der Waals surface area contributed by atoms with Crippen molar-refractivity contribution in [1.82, 2.24) is 20.1 Å². The van der Waals surface area contributed by atoms with Crippen LogP contribution in [-0.2, 0) is 32.3 Å². The number of hydrogen-bond acceptors (Lipinski definition) is 6. The number of aliphatic hydroxyl groups is 1. The Hall–Kier alpha value is -5.36. The number of aromatic nitrogens is 1. The predicted octanol–water partition coefficient (Wildman–Crippen LogP) is 7.58. The summed E-state index contributed by atoms with van der Waals surface area (Å²) in [5, 5.41) is 15.4. The molecule has 0 aliphatic carbocycles. The number of amides is 3. The molecule has 3 amide bonds. The third-order valence-corrected chi connectivity index (χ3v) is 9.58. The number of unbranched alkanes of at least 4 members (excludes halogenated alkanes) is 1. The average Bonchev–Trinajstić information content (AvgIpc) is 3.56. The van der Waals surface area contributed by atoms with E-state index in [1.54, 1.807) is 37.9 Å². The molecule has 56 heavy (non-hydrogen) atoms. The number of aliphatic hydroxyl groups excluding tert-OH is 1. The summed E-state index contributed by atoms with van der Waals surface area (Å²) in [6, 6.07) is 21.5. The van der Waals surface area contributed by atoms with Crippen molar-refractivity contribution < 1.29 is 37.8 Å². The minimum Gasteiger partial charge on any atom is -0.445 e. The van der Waals surface area contributed by atoms with E-state index in [0.29, 0.717) is 30.6 Å². The maximum atomic E-state index is 15.1. The molecule has 0 aliphatic heterocycles. The molecule has 3 aromatic carbocycles. The molecule has 1 heterocycles. The van der Waals surface area contributed by atoms with Gasteiger partial charge >= 0.3 is 6.09 Å². The SMILES string of the molecule is CC(C)[C@H](NC(=O)OCc1ccccc1)C(=O)N[C@@H](C)C(=O)CCCCN(C(=O)CO)[C@@H](c1cc(-c2cc(F)ccc2F)cn1Cc1ccccc1)C(C)(C)C. The summed E-state index contributed by atoms with van der Waals surface area (Å²) >= 11 is 0. The number of alkyl carbamates (subject to hydrolysis) is 1. The molecular weight excluding hydrogens is 719 g/mol. The van der Waals surface area contributed by atoms with E-state index in [1.165, 1.54) is 0 Å². The van der Waals surface area contributed by atoms with Crippen LogP contribution in [0.5, 0.6) is 0 Å². The van der Waals surface area contributed by atoms with Gasteiger partial charge in [0.05, 0.1) is 12.1 Å². The number of carbonyl (C=O) groups is 4. The number of ether oxygens (including phenoxy) is 1. The van der Waals surface area contributed by atoms with E-state index in [0.717, 1.165) is 29.3 Å². The summed E-state index contributed by atoms with van der Waals surface area (Å²) in [7, 11) is 0. The summed E-state index contributed by atoms with van der Waals surface area (Å²) in [5.74, 6) is -2.71. The Labute approximate surface area is 328 Å². The Kier molecular flexibility index (Phi) is 15.5. The number of halogens is 2. The van der Waals surface area contributed by atoms with Crippen LogP contribution in [0.4, 0.5) is 13.6 Å². The van der Waals surface area contributed by atoms with Crippen molar-refractivity contribution in [2.45, 2.75) is 92.1 Å². The number of nitrogens with one attached hydrogen (secondary N) is 2. The van der Waals surface area contributed by atoms with Gasteiger partial charge in [0.15, 0.2) is 5.78 Å². The molecule has 0 unspecified atom stereocenters. The summed E-state index contributed by atoms with van der Waals surface area (Å²) < 4.78 is 36.6. The lowest BCUT2D eigenvalue weighted by molar-refractivity contribution is -0.139. The first-order chi connectivity index (χ1) is 26.6. The summed E-state index contributed by atoms with van der Waals surface area (Å²) in [4.78, 5) is 53.9. The first-order valence-electron chi connectivity index (χ1n) is 19.0. The van der Waals surface area contributed by atoms with Gasteiger partial charge in [-0.25, -0.2) is 13.6 Å². The van der Waals surface area contributed by atoms with Crippen LogP contribution in [-0.4, -0.2) is 63.5 Å². The molecule has 4 aromatic rings. The highest BCUT2D eigenvalue weighted by molar-refractivity contribution is 5.92. The van der Waals surface area contributed by atoms with E-state index in [2.05, 4.69) is 10.6 Å². The topological polar surface area (TPSA) is 130 Å². The van der Waals surface area contributed by atoms with Crippen LogP contribution < -0.4 is 10.6 Å². The van der Waals surface area contributed by atoms with Crippen LogP contribution in [0, 0.1) is 23.0 Å². The third kappa shape index (κ3) is 12.1. The number of nitrogens with zero attached hydrogens (tertiary/aromatic N) is 2. The second-order valence-electron chi connectivity index (χ2n) is 15.5. The lowest BCUT2D eigenvalue weighted by Crippen LogP contribution is -2.53. The van der Waals surface area contributed by atoms with Crippen molar-refractivity contribution in [2.75, 3.05) is 13.2 Å². The van der Waals surface area contributed by atoms with Crippen LogP contribution in [0.2, 0.25) is 0 Å². The smallest absolute Gasteiger partial charge is 0.408 e. The first kappa shape index (κ1) is 43.4. The first-order valence-corrected chi connectivity index (χ1v) is 19.0. The van der Waals surface area contributed by atoms with Gasteiger partial charge in [0.2, 0.25) is 11.8 Å². The molecule has 3 atom stereocenters. The van der Waals surface area contributed by atoms with Crippen LogP contribution in [0.1, 0.15) is 83.7 Å². The molecule has 0 bridgehead atoms. The highest BCUT2D eigenvalue weighted by Crippen LogP contribution is 2.41. The predicted molar refractivity (Wildman–Crippen MR) is 211 cm³/mol. The van der Waals surface area contributed by atoms with Crippen LogP contribution >= 0.6 is 0 Å². The van der Waals surface area contributed by atoms with Gasteiger partial charge in [0.1, 0.15) is 30.9 Å². The molecule has 0 saturated heterocycles. The summed E-state index contributed by atoms with van der Waals surface area (Å²) in [5.41, 5.74) is 2.38. The number of rotatable bonds is 18. The average molecular weight is 773 g/mol. The lowest BCUT2D eigenvalue weighted by Gasteiger charge is -2.41. The third-order valence-electron chi connectivity index (χ3n) is 9.58. The zero-order valence-electron chi connectivity index (χ0n) is 33.1. The van der Waals surface area contributed by atoms with Crippen LogP contribution in [0.25, 0.3) is 11.1 Å². The van der Waals surface area contributed by atoms with Crippen molar-refractivity contribution in [3.63, 3.8) is 0 Å². The molecule has 300 valence electrons. The van der Waals surface area contributed by atoms with Crippen LogP contribution in [0.15, 0.2) is 91.1 Å². The maximum absolute atomic E-state index is 15.1. The Morgan fingerprint density at radius 1 is 0.857 bits per heavy atom. The fraction of sp³-hybridized carbons (Fsp3) is 0.409. The van der Waals surface area contributed by atoms with Crippen LogP contribution in [0.3, 0.4) is 0 Å². The molecule has 0 aliphatic rings. The monoisotopic (exact) mass is 772 g/mol. The van der Waals surface area contributed by atoms with Gasteiger partial charge in [-0.15, -0.1) is 0 Å². The zero-order valence-corrected chi connectivity index (χ0v) is 33.1. The molecule has 12 heteroatoms. The van der Waals surface area contributed by atoms with E-state index in [1.807, 2.05) is 86.0 Å². The second kappa shape index (κ2) is 20.0. The largest absolute Gasteiger partial charge is 0.445 e. The number of benzene rings is 3. The molecule has 10 nitrogen and oxygen atoms in total. The Morgan fingerprint density at radius 3 is 2.11 bits per heavy atom. The van der Waals surface area contributed by atoms with Crippen molar-refractivity contribution in [2.24, 2.45) is 11.3 Å². The highest BCUT2D eigenvalue weighted by atomic mass is 19.1. The molecular formula is C44H54F2N4O6.